The average Bonchev–Trinajstić information content (AvgIpc) is 2.46. The van der Waals surface area contributed by atoms with E-state index in [0.29, 0.717) is 0 Å². The van der Waals surface area contributed by atoms with Crippen molar-refractivity contribution in [3.8, 4) is 0 Å². The van der Waals surface area contributed by atoms with Crippen molar-refractivity contribution < 1.29 is 0 Å². The Bertz CT molecular complexity index is 334. The molecule has 0 radical (unpaired) electrons. The molecule has 0 bridgehead atoms. The summed E-state index contributed by atoms with van der Waals surface area (Å²) in [6, 6.07) is 4.07. The van der Waals surface area contributed by atoms with Gasteiger partial charge in [-0.25, -0.2) is 0 Å². The first-order valence-electron chi connectivity index (χ1n) is 3.38. The highest BCUT2D eigenvalue weighted by molar-refractivity contribution is 9.08. The van der Waals surface area contributed by atoms with Crippen LogP contribution >= 0.6 is 15.9 Å². The SMILES string of the molecule is BrCc1cc2cnccc2[nH]1. The number of hydrogen-bond acceptors (Lipinski definition) is 1. The number of nitrogens with one attached hydrogen (secondary N) is 1. The molecule has 0 unspecified atom stereocenters. The zero-order chi connectivity index (χ0) is 7.68. The number of fused-ring (bicyclic) bond motifs is 1. The van der Waals surface area contributed by atoms with Crippen LogP contribution in [0.5, 0.6) is 0 Å². The van der Waals surface area contributed by atoms with Crippen LogP contribution in [0.2, 0.25) is 0 Å². The molecule has 2 rings (SSSR count). The first-order chi connectivity index (χ1) is 5.40. The monoisotopic (exact) mass is 210 g/mol. The number of nitrogens with zero attached hydrogens (tertiary/aromatic N) is 1. The van der Waals surface area contributed by atoms with E-state index in [0.717, 1.165) is 10.8 Å². The molecule has 0 atom stereocenters. The van der Waals surface area contributed by atoms with Crippen LogP contribution in [0.15, 0.2) is 24.5 Å². The van der Waals surface area contributed by atoms with Gasteiger partial charge in [0.25, 0.3) is 0 Å². The Hall–Kier alpha value is -0.830. The molecule has 2 aromatic rings. The molecule has 0 saturated heterocycles. The first-order valence-corrected chi connectivity index (χ1v) is 4.50. The summed E-state index contributed by atoms with van der Waals surface area (Å²) in [6.07, 6.45) is 3.65. The van der Waals surface area contributed by atoms with Crippen molar-refractivity contribution >= 4 is 26.8 Å². The average molecular weight is 211 g/mol. The summed E-state index contributed by atoms with van der Waals surface area (Å²) in [5, 5.41) is 2.03. The summed E-state index contributed by atoms with van der Waals surface area (Å²) in [6.45, 7) is 0. The number of aromatic amines is 1. The van der Waals surface area contributed by atoms with Gasteiger partial charge in [-0.3, -0.25) is 4.98 Å². The van der Waals surface area contributed by atoms with E-state index in [2.05, 4.69) is 32.0 Å². The Morgan fingerprint density at radius 1 is 1.55 bits per heavy atom. The smallest absolute Gasteiger partial charge is 0.0487 e. The molecule has 0 aromatic carbocycles. The van der Waals surface area contributed by atoms with Crippen molar-refractivity contribution in [2.24, 2.45) is 0 Å². The van der Waals surface area contributed by atoms with Crippen LogP contribution in [-0.4, -0.2) is 9.97 Å². The van der Waals surface area contributed by atoms with Gasteiger partial charge in [-0.15, -0.1) is 0 Å². The van der Waals surface area contributed by atoms with Crippen LogP contribution in [0.25, 0.3) is 10.9 Å². The molecule has 3 heteroatoms. The molecule has 2 heterocycles. The lowest BCUT2D eigenvalue weighted by atomic mass is 10.3. The topological polar surface area (TPSA) is 28.7 Å². The summed E-state index contributed by atoms with van der Waals surface area (Å²) in [5.74, 6) is 0. The van der Waals surface area contributed by atoms with Crippen LogP contribution in [-0.2, 0) is 5.33 Å². The zero-order valence-electron chi connectivity index (χ0n) is 5.84. The van der Waals surface area contributed by atoms with Crippen LogP contribution in [0.1, 0.15) is 5.69 Å². The predicted molar refractivity (Wildman–Crippen MR) is 48.7 cm³/mol. The largest absolute Gasteiger partial charge is 0.358 e. The molecule has 0 aliphatic rings. The molecule has 0 spiro atoms. The normalized spacial score (nSPS) is 10.6. The number of pyridine rings is 1. The third kappa shape index (κ3) is 1.16. The molecule has 1 N–H and O–H groups in total. The van der Waals surface area contributed by atoms with E-state index >= 15 is 0 Å². The van der Waals surface area contributed by atoms with Gasteiger partial charge in [0.2, 0.25) is 0 Å². The van der Waals surface area contributed by atoms with Gasteiger partial charge < -0.3 is 4.98 Å². The second-order valence-corrected chi connectivity index (χ2v) is 2.95. The second kappa shape index (κ2) is 2.66. The lowest BCUT2D eigenvalue weighted by Crippen LogP contribution is -1.72. The maximum Gasteiger partial charge on any atom is 0.0487 e. The first kappa shape index (κ1) is 6.85. The molecular weight excluding hydrogens is 204 g/mol. The van der Waals surface area contributed by atoms with Gasteiger partial charge in [0.1, 0.15) is 0 Å². The quantitative estimate of drug-likeness (QED) is 0.721. The van der Waals surface area contributed by atoms with E-state index in [1.807, 2.05) is 12.3 Å². The molecule has 2 aromatic heterocycles. The van der Waals surface area contributed by atoms with E-state index in [4.69, 9.17) is 0 Å². The van der Waals surface area contributed by atoms with Gasteiger partial charge in [0.05, 0.1) is 0 Å². The number of H-pyrrole nitrogens is 1. The summed E-state index contributed by atoms with van der Waals surface area (Å²) in [4.78, 5) is 7.28. The van der Waals surface area contributed by atoms with Gasteiger partial charge in [-0.2, -0.15) is 0 Å². The van der Waals surface area contributed by atoms with Crippen molar-refractivity contribution in [3.63, 3.8) is 0 Å². The minimum Gasteiger partial charge on any atom is -0.358 e. The Balaban J connectivity index is 2.69. The maximum absolute atomic E-state index is 4.03. The molecular formula is C8H7BrN2. The van der Waals surface area contributed by atoms with Crippen molar-refractivity contribution in [2.45, 2.75) is 5.33 Å². The van der Waals surface area contributed by atoms with Crippen molar-refractivity contribution in [1.29, 1.82) is 0 Å². The van der Waals surface area contributed by atoms with E-state index in [9.17, 15) is 0 Å². The fraction of sp³-hybridized carbons (Fsp3) is 0.125. The molecule has 11 heavy (non-hydrogen) atoms. The van der Waals surface area contributed by atoms with E-state index < -0.39 is 0 Å². The van der Waals surface area contributed by atoms with Crippen LogP contribution in [0.3, 0.4) is 0 Å². The highest BCUT2D eigenvalue weighted by Gasteiger charge is 1.96. The Morgan fingerprint density at radius 2 is 2.45 bits per heavy atom. The van der Waals surface area contributed by atoms with Gasteiger partial charge in [-0.05, 0) is 12.1 Å². The van der Waals surface area contributed by atoms with Gasteiger partial charge in [0.15, 0.2) is 0 Å². The Labute approximate surface area is 72.8 Å². The summed E-state index contributed by atoms with van der Waals surface area (Å²) < 4.78 is 0. The fourth-order valence-corrected chi connectivity index (χ4v) is 1.41. The highest BCUT2D eigenvalue weighted by Crippen LogP contribution is 2.14. The van der Waals surface area contributed by atoms with E-state index in [1.54, 1.807) is 6.20 Å². The predicted octanol–water partition coefficient (Wildman–Crippen LogP) is 2.46. The molecule has 2 nitrogen and oxygen atoms in total. The van der Waals surface area contributed by atoms with Crippen LogP contribution < -0.4 is 0 Å². The maximum atomic E-state index is 4.03. The van der Waals surface area contributed by atoms with E-state index in [1.165, 1.54) is 11.1 Å². The number of halogens is 1. The van der Waals surface area contributed by atoms with Crippen LogP contribution in [0, 0.1) is 0 Å². The third-order valence-electron chi connectivity index (χ3n) is 1.62. The summed E-state index contributed by atoms with van der Waals surface area (Å²) >= 11 is 3.38. The lowest BCUT2D eigenvalue weighted by Gasteiger charge is -1.84. The van der Waals surface area contributed by atoms with E-state index in [-0.39, 0.29) is 0 Å². The van der Waals surface area contributed by atoms with Crippen molar-refractivity contribution in [2.75, 3.05) is 0 Å². The third-order valence-corrected chi connectivity index (χ3v) is 2.22. The minimum absolute atomic E-state index is 0.863. The Kier molecular flexibility index (Phi) is 1.66. The Morgan fingerprint density at radius 3 is 3.18 bits per heavy atom. The summed E-state index contributed by atoms with van der Waals surface area (Å²) in [7, 11) is 0. The number of rotatable bonds is 1. The molecule has 0 saturated carbocycles. The molecule has 0 aliphatic heterocycles. The molecule has 0 fully saturated rings. The van der Waals surface area contributed by atoms with Crippen molar-refractivity contribution in [3.05, 3.63) is 30.2 Å². The fourth-order valence-electron chi connectivity index (χ4n) is 1.10. The number of hydrogen-bond donors (Lipinski definition) is 1. The minimum atomic E-state index is 0.863. The standard InChI is InChI=1S/C8H7BrN2/c9-4-7-3-6-5-10-2-1-8(6)11-7/h1-3,5,11H,4H2. The summed E-state index contributed by atoms with van der Waals surface area (Å²) in [5.41, 5.74) is 2.34. The second-order valence-electron chi connectivity index (χ2n) is 2.39. The molecule has 56 valence electrons. The number of alkyl halides is 1. The lowest BCUT2D eigenvalue weighted by molar-refractivity contribution is 1.27. The number of aromatic nitrogens is 2. The zero-order valence-corrected chi connectivity index (χ0v) is 7.43. The van der Waals surface area contributed by atoms with Gasteiger partial charge >= 0.3 is 0 Å². The van der Waals surface area contributed by atoms with Crippen molar-refractivity contribution in [1.82, 2.24) is 9.97 Å². The molecule has 0 aliphatic carbocycles. The molecule has 0 amide bonds. The van der Waals surface area contributed by atoms with Gasteiger partial charge in [-0.1, -0.05) is 15.9 Å². The van der Waals surface area contributed by atoms with Crippen LogP contribution in [0.4, 0.5) is 0 Å². The highest BCUT2D eigenvalue weighted by atomic mass is 79.9. The van der Waals surface area contributed by atoms with Gasteiger partial charge in [0, 0.05) is 34.3 Å².